The van der Waals surface area contributed by atoms with Gasteiger partial charge in [0, 0.05) is 23.4 Å². The van der Waals surface area contributed by atoms with Gasteiger partial charge in [-0.15, -0.1) is 0 Å². The molecule has 2 aromatic rings. The van der Waals surface area contributed by atoms with E-state index in [2.05, 4.69) is 30.1 Å². The largest absolute Gasteiger partial charge is 0.363 e. The maximum absolute atomic E-state index is 15.1. The minimum atomic E-state index is -0.506. The molecule has 0 spiro atoms. The summed E-state index contributed by atoms with van der Waals surface area (Å²) in [5.74, 6) is -0.895. The second kappa shape index (κ2) is 7.69. The van der Waals surface area contributed by atoms with Gasteiger partial charge in [0.05, 0.1) is 12.1 Å². The first-order valence-corrected chi connectivity index (χ1v) is 10.4. The number of imide groups is 1. The van der Waals surface area contributed by atoms with Crippen molar-refractivity contribution in [1.29, 1.82) is 0 Å². The topological polar surface area (TPSA) is 52.7 Å². The van der Waals surface area contributed by atoms with E-state index >= 15 is 4.39 Å². The van der Waals surface area contributed by atoms with E-state index in [1.54, 1.807) is 6.07 Å². The predicted octanol–water partition coefficient (Wildman–Crippen LogP) is 4.94. The molecular weight excluding hydrogens is 393 g/mol. The number of anilines is 1. The average Bonchev–Trinajstić information content (AvgIpc) is 2.97. The molecule has 0 bridgehead atoms. The highest BCUT2D eigenvalue weighted by Crippen LogP contribution is 2.40. The van der Waals surface area contributed by atoms with E-state index in [0.29, 0.717) is 0 Å². The molecule has 0 radical (unpaired) electrons. The van der Waals surface area contributed by atoms with Crippen molar-refractivity contribution in [3.05, 3.63) is 76.7 Å². The second-order valence-electron chi connectivity index (χ2n) is 8.48. The number of urea groups is 1. The van der Waals surface area contributed by atoms with Crippen LogP contribution < -0.4 is 10.2 Å². The van der Waals surface area contributed by atoms with E-state index in [1.165, 1.54) is 12.1 Å². The standard InChI is InChI=1S/C25H26FN3O2/c1-5-29-22-13-20(26)18(11-19(22)16(2)14-25(29,3)4)12-21-23(30)28(24(31)27-21)15-17-9-7-6-8-10-17/h6-14H,5,15H2,1-4H3,(H,27,31)/b21-12+. The van der Waals surface area contributed by atoms with Crippen LogP contribution in [0.5, 0.6) is 0 Å². The zero-order chi connectivity index (χ0) is 22.3. The Morgan fingerprint density at radius 2 is 1.84 bits per heavy atom. The summed E-state index contributed by atoms with van der Waals surface area (Å²) in [5.41, 5.74) is 3.78. The smallest absolute Gasteiger partial charge is 0.329 e. The monoisotopic (exact) mass is 419 g/mol. The Kier molecular flexibility index (Phi) is 5.17. The minimum Gasteiger partial charge on any atom is -0.363 e. The fraction of sp³-hybridized carbons (Fsp3) is 0.280. The molecule has 2 aliphatic rings. The molecule has 160 valence electrons. The Labute approximate surface area is 181 Å². The fourth-order valence-electron chi connectivity index (χ4n) is 4.44. The van der Waals surface area contributed by atoms with E-state index in [-0.39, 0.29) is 23.3 Å². The number of nitrogens with zero attached hydrogens (tertiary/aromatic N) is 2. The molecule has 5 nitrogen and oxygen atoms in total. The lowest BCUT2D eigenvalue weighted by Gasteiger charge is -2.42. The van der Waals surface area contributed by atoms with Gasteiger partial charge in [-0.1, -0.05) is 36.4 Å². The van der Waals surface area contributed by atoms with Crippen LogP contribution in [0.2, 0.25) is 0 Å². The van der Waals surface area contributed by atoms with Gasteiger partial charge in [0.1, 0.15) is 11.5 Å². The summed E-state index contributed by atoms with van der Waals surface area (Å²) >= 11 is 0. The van der Waals surface area contributed by atoms with Gasteiger partial charge in [0.25, 0.3) is 5.91 Å². The van der Waals surface area contributed by atoms with Crippen LogP contribution >= 0.6 is 0 Å². The summed E-state index contributed by atoms with van der Waals surface area (Å²) in [4.78, 5) is 28.4. The van der Waals surface area contributed by atoms with Crippen LogP contribution in [-0.4, -0.2) is 28.9 Å². The summed E-state index contributed by atoms with van der Waals surface area (Å²) in [6, 6.07) is 12.0. The first-order valence-electron chi connectivity index (χ1n) is 10.4. The first kappa shape index (κ1) is 20.8. The molecule has 1 N–H and O–H groups in total. The number of benzene rings is 2. The highest BCUT2D eigenvalue weighted by Gasteiger charge is 2.34. The van der Waals surface area contributed by atoms with Crippen LogP contribution in [0.25, 0.3) is 11.6 Å². The van der Waals surface area contributed by atoms with Crippen molar-refractivity contribution in [3.8, 4) is 0 Å². The molecule has 1 saturated heterocycles. The first-order chi connectivity index (χ1) is 14.7. The Bertz CT molecular complexity index is 1120. The van der Waals surface area contributed by atoms with E-state index in [9.17, 15) is 9.59 Å². The maximum Gasteiger partial charge on any atom is 0.329 e. The Hall–Kier alpha value is -3.41. The number of allylic oxidation sites excluding steroid dienone is 1. The van der Waals surface area contributed by atoms with Crippen molar-refractivity contribution in [2.75, 3.05) is 11.4 Å². The molecule has 31 heavy (non-hydrogen) atoms. The predicted molar refractivity (Wildman–Crippen MR) is 121 cm³/mol. The van der Waals surface area contributed by atoms with Crippen molar-refractivity contribution >= 4 is 29.3 Å². The molecule has 0 unspecified atom stereocenters. The van der Waals surface area contributed by atoms with Crippen LogP contribution in [0, 0.1) is 5.82 Å². The molecule has 0 saturated carbocycles. The lowest BCUT2D eigenvalue weighted by atomic mass is 9.88. The van der Waals surface area contributed by atoms with E-state index in [4.69, 9.17) is 0 Å². The van der Waals surface area contributed by atoms with E-state index in [0.717, 1.165) is 33.8 Å². The molecule has 3 amide bonds. The maximum atomic E-state index is 15.1. The van der Waals surface area contributed by atoms with E-state index in [1.807, 2.05) is 44.2 Å². The lowest BCUT2D eigenvalue weighted by Crippen LogP contribution is -2.45. The molecule has 0 atom stereocenters. The number of rotatable bonds is 4. The molecule has 0 aliphatic carbocycles. The Morgan fingerprint density at radius 1 is 1.13 bits per heavy atom. The Balaban J connectivity index is 1.68. The zero-order valence-electron chi connectivity index (χ0n) is 18.2. The molecule has 2 heterocycles. The number of carbonyl (C=O) groups excluding carboxylic acids is 2. The summed E-state index contributed by atoms with van der Waals surface area (Å²) < 4.78 is 15.1. The third-order valence-corrected chi connectivity index (χ3v) is 5.86. The normalized spacial score (nSPS) is 18.9. The van der Waals surface area contributed by atoms with Crippen molar-refractivity contribution < 1.29 is 14.0 Å². The third-order valence-electron chi connectivity index (χ3n) is 5.86. The molecule has 4 rings (SSSR count). The van der Waals surface area contributed by atoms with Gasteiger partial charge >= 0.3 is 6.03 Å². The number of hydrogen-bond donors (Lipinski definition) is 1. The number of amides is 3. The SMILES string of the molecule is CCN1c2cc(F)c(/C=C3/NC(=O)N(Cc4ccccc4)C3=O)cc2C(C)=CC1(C)C. The van der Waals surface area contributed by atoms with Crippen LogP contribution in [0.15, 0.2) is 54.2 Å². The molecule has 0 aromatic heterocycles. The van der Waals surface area contributed by atoms with Gasteiger partial charge in [0.15, 0.2) is 0 Å². The summed E-state index contributed by atoms with van der Waals surface area (Å²) in [7, 11) is 0. The average molecular weight is 420 g/mol. The summed E-state index contributed by atoms with van der Waals surface area (Å²) in [5, 5.41) is 2.58. The second-order valence-corrected chi connectivity index (χ2v) is 8.48. The summed E-state index contributed by atoms with van der Waals surface area (Å²) in [6.45, 7) is 9.16. The van der Waals surface area contributed by atoms with Gasteiger partial charge in [-0.2, -0.15) is 0 Å². The highest BCUT2D eigenvalue weighted by molar-refractivity contribution is 6.14. The van der Waals surface area contributed by atoms with Crippen molar-refractivity contribution in [1.82, 2.24) is 10.2 Å². The molecule has 2 aliphatic heterocycles. The van der Waals surface area contributed by atoms with Gasteiger partial charge in [-0.3, -0.25) is 9.69 Å². The van der Waals surface area contributed by atoms with Crippen LogP contribution in [0.1, 0.15) is 44.4 Å². The van der Waals surface area contributed by atoms with Crippen LogP contribution in [0.4, 0.5) is 14.9 Å². The van der Waals surface area contributed by atoms with Gasteiger partial charge in [-0.25, -0.2) is 9.18 Å². The molecule has 6 heteroatoms. The molecule has 1 fully saturated rings. The molecular formula is C25H26FN3O2. The fourth-order valence-corrected chi connectivity index (χ4v) is 4.44. The lowest BCUT2D eigenvalue weighted by molar-refractivity contribution is -0.123. The van der Waals surface area contributed by atoms with Crippen molar-refractivity contribution in [3.63, 3.8) is 0 Å². The van der Waals surface area contributed by atoms with Crippen molar-refractivity contribution in [2.24, 2.45) is 0 Å². The summed E-state index contributed by atoms with van der Waals surface area (Å²) in [6.07, 6.45) is 3.59. The van der Waals surface area contributed by atoms with Crippen LogP contribution in [0.3, 0.4) is 0 Å². The number of nitrogens with one attached hydrogen (secondary N) is 1. The van der Waals surface area contributed by atoms with Crippen LogP contribution in [-0.2, 0) is 11.3 Å². The minimum absolute atomic E-state index is 0.0740. The zero-order valence-corrected chi connectivity index (χ0v) is 18.2. The number of likely N-dealkylation sites (N-methyl/N-ethyl adjacent to an activating group) is 1. The number of carbonyl (C=O) groups is 2. The third kappa shape index (κ3) is 3.74. The quantitative estimate of drug-likeness (QED) is 0.564. The van der Waals surface area contributed by atoms with Gasteiger partial charge < -0.3 is 10.2 Å². The number of halogens is 1. The number of hydrogen-bond acceptors (Lipinski definition) is 3. The number of fused-ring (bicyclic) bond motifs is 1. The van der Waals surface area contributed by atoms with Crippen molar-refractivity contribution in [2.45, 2.75) is 39.8 Å². The van der Waals surface area contributed by atoms with Gasteiger partial charge in [0.2, 0.25) is 0 Å². The van der Waals surface area contributed by atoms with E-state index < -0.39 is 17.8 Å². The van der Waals surface area contributed by atoms with Gasteiger partial charge in [-0.05, 0) is 57.0 Å². The Morgan fingerprint density at radius 3 is 2.52 bits per heavy atom. The molecule has 2 aromatic carbocycles. The highest BCUT2D eigenvalue weighted by atomic mass is 19.1.